The van der Waals surface area contributed by atoms with Crippen molar-refractivity contribution in [3.8, 4) is 0 Å². The largest absolute Gasteiger partial charge is 0.478 e. The predicted molar refractivity (Wildman–Crippen MR) is 76.5 cm³/mol. The van der Waals surface area contributed by atoms with Gasteiger partial charge < -0.3 is 10.0 Å². The summed E-state index contributed by atoms with van der Waals surface area (Å²) in [6, 6.07) is 13.1. The van der Waals surface area contributed by atoms with Crippen LogP contribution in [-0.2, 0) is 6.54 Å². The number of anilines is 1. The van der Waals surface area contributed by atoms with E-state index >= 15 is 0 Å². The molecule has 0 aliphatic heterocycles. The number of benzene rings is 2. The summed E-state index contributed by atoms with van der Waals surface area (Å²) in [6.45, 7) is 3.34. The first kappa shape index (κ1) is 14.1. The van der Waals surface area contributed by atoms with Gasteiger partial charge in [-0.2, -0.15) is 0 Å². The van der Waals surface area contributed by atoms with Crippen LogP contribution in [0.4, 0.5) is 10.1 Å². The molecule has 0 radical (unpaired) electrons. The summed E-state index contributed by atoms with van der Waals surface area (Å²) in [7, 11) is 0. The minimum Gasteiger partial charge on any atom is -0.478 e. The number of carbonyl (C=O) groups is 1. The van der Waals surface area contributed by atoms with Gasteiger partial charge in [0.1, 0.15) is 5.82 Å². The molecule has 20 heavy (non-hydrogen) atoms. The first-order chi connectivity index (χ1) is 9.60. The zero-order chi connectivity index (χ0) is 14.5. The van der Waals surface area contributed by atoms with Crippen LogP contribution in [0.5, 0.6) is 0 Å². The molecule has 0 saturated heterocycles. The van der Waals surface area contributed by atoms with E-state index < -0.39 is 5.97 Å². The maximum Gasteiger partial charge on any atom is 0.335 e. The van der Waals surface area contributed by atoms with Crippen molar-refractivity contribution in [1.29, 1.82) is 0 Å². The molecule has 3 nitrogen and oxygen atoms in total. The van der Waals surface area contributed by atoms with E-state index in [-0.39, 0.29) is 11.4 Å². The molecule has 0 amide bonds. The summed E-state index contributed by atoms with van der Waals surface area (Å²) >= 11 is 0. The summed E-state index contributed by atoms with van der Waals surface area (Å²) in [5.41, 5.74) is 2.10. The van der Waals surface area contributed by atoms with Gasteiger partial charge in [-0.25, -0.2) is 9.18 Å². The fourth-order valence-electron chi connectivity index (χ4n) is 2.06. The normalized spacial score (nSPS) is 10.3. The SMILES string of the molecule is CCN(Cc1cccc(C(=O)O)c1)c1ccc(F)cc1. The van der Waals surface area contributed by atoms with Crippen molar-refractivity contribution in [2.45, 2.75) is 13.5 Å². The number of hydrogen-bond acceptors (Lipinski definition) is 2. The van der Waals surface area contributed by atoms with Crippen LogP contribution < -0.4 is 4.90 Å². The van der Waals surface area contributed by atoms with Gasteiger partial charge in [-0.3, -0.25) is 0 Å². The van der Waals surface area contributed by atoms with Gasteiger partial charge in [0.2, 0.25) is 0 Å². The maximum atomic E-state index is 12.9. The molecule has 0 aliphatic rings. The number of carboxylic acid groups (broad SMARTS) is 1. The van der Waals surface area contributed by atoms with Gasteiger partial charge in [0.15, 0.2) is 0 Å². The summed E-state index contributed by atoms with van der Waals surface area (Å²) in [5.74, 6) is -1.20. The maximum absolute atomic E-state index is 12.9. The highest BCUT2D eigenvalue weighted by molar-refractivity contribution is 5.87. The lowest BCUT2D eigenvalue weighted by molar-refractivity contribution is 0.0696. The number of nitrogens with zero attached hydrogens (tertiary/aromatic N) is 1. The van der Waals surface area contributed by atoms with E-state index in [9.17, 15) is 9.18 Å². The van der Waals surface area contributed by atoms with E-state index in [1.54, 1.807) is 30.3 Å². The van der Waals surface area contributed by atoms with Crippen LogP contribution in [0.2, 0.25) is 0 Å². The topological polar surface area (TPSA) is 40.5 Å². The van der Waals surface area contributed by atoms with E-state index in [0.717, 1.165) is 17.8 Å². The van der Waals surface area contributed by atoms with Crippen LogP contribution in [0.1, 0.15) is 22.8 Å². The third kappa shape index (κ3) is 3.35. The summed E-state index contributed by atoms with van der Waals surface area (Å²) in [5, 5.41) is 8.99. The molecule has 104 valence electrons. The van der Waals surface area contributed by atoms with E-state index in [2.05, 4.69) is 4.90 Å². The number of hydrogen-bond donors (Lipinski definition) is 1. The quantitative estimate of drug-likeness (QED) is 0.905. The summed E-state index contributed by atoms with van der Waals surface area (Å²) in [6.07, 6.45) is 0. The Balaban J connectivity index is 2.19. The van der Waals surface area contributed by atoms with Gasteiger partial charge in [0.05, 0.1) is 5.56 Å². The number of aromatic carboxylic acids is 1. The third-order valence-electron chi connectivity index (χ3n) is 3.12. The molecular weight excluding hydrogens is 257 g/mol. The van der Waals surface area contributed by atoms with Gasteiger partial charge >= 0.3 is 5.97 Å². The Kier molecular flexibility index (Phi) is 4.35. The van der Waals surface area contributed by atoms with Crippen molar-refractivity contribution in [3.05, 3.63) is 65.5 Å². The zero-order valence-electron chi connectivity index (χ0n) is 11.2. The molecule has 0 bridgehead atoms. The van der Waals surface area contributed by atoms with Gasteiger partial charge in [-0.15, -0.1) is 0 Å². The minimum absolute atomic E-state index is 0.266. The summed E-state index contributed by atoms with van der Waals surface area (Å²) in [4.78, 5) is 13.0. The second kappa shape index (κ2) is 6.19. The Morgan fingerprint density at radius 1 is 1.20 bits per heavy atom. The van der Waals surface area contributed by atoms with Gasteiger partial charge in [0.25, 0.3) is 0 Å². The smallest absolute Gasteiger partial charge is 0.335 e. The van der Waals surface area contributed by atoms with Crippen LogP contribution in [0.25, 0.3) is 0 Å². The van der Waals surface area contributed by atoms with Crippen molar-refractivity contribution >= 4 is 11.7 Å². The lowest BCUT2D eigenvalue weighted by atomic mass is 10.1. The predicted octanol–water partition coefficient (Wildman–Crippen LogP) is 3.55. The van der Waals surface area contributed by atoms with E-state index in [4.69, 9.17) is 5.11 Å². The molecule has 2 rings (SSSR count). The van der Waals surface area contributed by atoms with Crippen molar-refractivity contribution in [3.63, 3.8) is 0 Å². The van der Waals surface area contributed by atoms with Crippen molar-refractivity contribution in [1.82, 2.24) is 0 Å². The lowest BCUT2D eigenvalue weighted by Gasteiger charge is -2.23. The molecule has 2 aromatic rings. The monoisotopic (exact) mass is 273 g/mol. The standard InChI is InChI=1S/C16H16FNO2/c1-2-18(15-8-6-14(17)7-9-15)11-12-4-3-5-13(10-12)16(19)20/h3-10H,2,11H2,1H3,(H,19,20). The molecule has 0 aliphatic carbocycles. The fourth-order valence-corrected chi connectivity index (χ4v) is 2.06. The average molecular weight is 273 g/mol. The average Bonchev–Trinajstić information content (AvgIpc) is 2.46. The van der Waals surface area contributed by atoms with Crippen molar-refractivity contribution < 1.29 is 14.3 Å². The van der Waals surface area contributed by atoms with Crippen LogP contribution >= 0.6 is 0 Å². The molecular formula is C16H16FNO2. The second-order valence-electron chi connectivity index (χ2n) is 4.50. The highest BCUT2D eigenvalue weighted by Gasteiger charge is 2.08. The van der Waals surface area contributed by atoms with Gasteiger partial charge in [-0.05, 0) is 48.9 Å². The lowest BCUT2D eigenvalue weighted by Crippen LogP contribution is -2.22. The first-order valence-electron chi connectivity index (χ1n) is 6.43. The number of carboxylic acids is 1. The minimum atomic E-state index is -0.934. The van der Waals surface area contributed by atoms with Crippen LogP contribution in [0.3, 0.4) is 0 Å². The fraction of sp³-hybridized carbons (Fsp3) is 0.188. The Morgan fingerprint density at radius 3 is 2.50 bits per heavy atom. The summed E-state index contributed by atoms with van der Waals surface area (Å²) < 4.78 is 12.9. The second-order valence-corrected chi connectivity index (χ2v) is 4.50. The first-order valence-corrected chi connectivity index (χ1v) is 6.43. The number of rotatable bonds is 5. The van der Waals surface area contributed by atoms with Crippen LogP contribution in [0, 0.1) is 5.82 Å². The van der Waals surface area contributed by atoms with Gasteiger partial charge in [-0.1, -0.05) is 12.1 Å². The van der Waals surface area contributed by atoms with E-state index in [1.807, 2.05) is 13.0 Å². The highest BCUT2D eigenvalue weighted by atomic mass is 19.1. The Labute approximate surface area is 117 Å². The van der Waals surface area contributed by atoms with Crippen LogP contribution in [-0.4, -0.2) is 17.6 Å². The molecule has 2 aromatic carbocycles. The van der Waals surface area contributed by atoms with E-state index in [1.165, 1.54) is 12.1 Å². The Hall–Kier alpha value is -2.36. The molecule has 0 spiro atoms. The molecule has 0 aromatic heterocycles. The molecule has 0 fully saturated rings. The molecule has 1 N–H and O–H groups in total. The zero-order valence-corrected chi connectivity index (χ0v) is 11.2. The van der Waals surface area contributed by atoms with Gasteiger partial charge in [0, 0.05) is 18.8 Å². The number of halogens is 1. The molecule has 0 atom stereocenters. The highest BCUT2D eigenvalue weighted by Crippen LogP contribution is 2.18. The molecule has 0 unspecified atom stereocenters. The molecule has 4 heteroatoms. The Bertz CT molecular complexity index is 596. The Morgan fingerprint density at radius 2 is 1.90 bits per heavy atom. The molecule has 0 saturated carbocycles. The van der Waals surface area contributed by atoms with Crippen molar-refractivity contribution in [2.24, 2.45) is 0 Å². The van der Waals surface area contributed by atoms with Crippen LogP contribution in [0.15, 0.2) is 48.5 Å². The van der Waals surface area contributed by atoms with E-state index in [0.29, 0.717) is 6.54 Å². The van der Waals surface area contributed by atoms with Crippen molar-refractivity contribution in [2.75, 3.05) is 11.4 Å². The third-order valence-corrected chi connectivity index (χ3v) is 3.12. The molecule has 0 heterocycles.